The summed E-state index contributed by atoms with van der Waals surface area (Å²) in [6.45, 7) is 2.83. The largest absolute Gasteiger partial charge is 0.381 e. The van der Waals surface area contributed by atoms with Gasteiger partial charge in [0.05, 0.1) is 25.5 Å². The molecule has 2 fully saturated rings. The van der Waals surface area contributed by atoms with Crippen LogP contribution >= 0.6 is 0 Å². The minimum atomic E-state index is -3.32. The zero-order valence-electron chi connectivity index (χ0n) is 15.5. The van der Waals surface area contributed by atoms with Gasteiger partial charge in [-0.2, -0.15) is 0 Å². The molecule has 1 unspecified atom stereocenters. The first-order valence-corrected chi connectivity index (χ1v) is 11.1. The molecule has 0 spiro atoms. The third-order valence-electron chi connectivity index (χ3n) is 4.90. The molecule has 27 heavy (non-hydrogen) atoms. The van der Waals surface area contributed by atoms with Gasteiger partial charge in [-0.1, -0.05) is 12.1 Å². The Balaban J connectivity index is 1.64. The number of morpholine rings is 1. The van der Waals surface area contributed by atoms with E-state index in [0.717, 1.165) is 38.0 Å². The zero-order chi connectivity index (χ0) is 19.3. The van der Waals surface area contributed by atoms with E-state index < -0.39 is 10.0 Å². The molecule has 3 rings (SSSR count). The third kappa shape index (κ3) is 5.90. The fourth-order valence-electron chi connectivity index (χ4n) is 3.44. The van der Waals surface area contributed by atoms with Crippen molar-refractivity contribution in [1.82, 2.24) is 9.62 Å². The standard InChI is InChI=1S/C18H27N3O5S/c1-27(23,24)19-12-17-13-26-10-7-21(17)18(22)20-16-4-2-3-15(11-16)14-5-8-25-9-6-14/h2-4,11,14,17,19H,5-10,12-13H2,1H3,(H,20,22). The Morgan fingerprint density at radius 1 is 1.22 bits per heavy atom. The van der Waals surface area contributed by atoms with Crippen molar-refractivity contribution in [2.75, 3.05) is 51.1 Å². The monoisotopic (exact) mass is 397 g/mol. The van der Waals surface area contributed by atoms with Crippen LogP contribution in [0.15, 0.2) is 24.3 Å². The number of nitrogens with one attached hydrogen (secondary N) is 2. The van der Waals surface area contributed by atoms with Gasteiger partial charge in [-0.25, -0.2) is 17.9 Å². The van der Waals surface area contributed by atoms with E-state index in [1.165, 1.54) is 5.56 Å². The van der Waals surface area contributed by atoms with Crippen molar-refractivity contribution >= 4 is 21.7 Å². The summed E-state index contributed by atoms with van der Waals surface area (Å²) in [6, 6.07) is 7.32. The van der Waals surface area contributed by atoms with Crippen LogP contribution in [0.5, 0.6) is 0 Å². The Morgan fingerprint density at radius 2 is 2.00 bits per heavy atom. The van der Waals surface area contributed by atoms with Crippen molar-refractivity contribution in [2.45, 2.75) is 24.8 Å². The molecule has 2 amide bonds. The molecule has 9 heteroatoms. The van der Waals surface area contributed by atoms with Gasteiger partial charge in [0, 0.05) is 32.0 Å². The van der Waals surface area contributed by atoms with Gasteiger partial charge < -0.3 is 19.7 Å². The van der Waals surface area contributed by atoms with Crippen molar-refractivity contribution in [3.8, 4) is 0 Å². The molecule has 0 aliphatic carbocycles. The SMILES string of the molecule is CS(=O)(=O)NCC1COCCN1C(=O)Nc1cccc(C2CCOCC2)c1. The van der Waals surface area contributed by atoms with Crippen LogP contribution < -0.4 is 10.0 Å². The van der Waals surface area contributed by atoms with Crippen LogP contribution in [0.4, 0.5) is 10.5 Å². The van der Waals surface area contributed by atoms with Gasteiger partial charge in [-0.05, 0) is 36.5 Å². The molecule has 1 aromatic rings. The topological polar surface area (TPSA) is 97.0 Å². The highest BCUT2D eigenvalue weighted by molar-refractivity contribution is 7.88. The number of hydrogen-bond acceptors (Lipinski definition) is 5. The lowest BCUT2D eigenvalue weighted by molar-refractivity contribution is 0.0176. The van der Waals surface area contributed by atoms with E-state index in [1.807, 2.05) is 18.2 Å². The highest BCUT2D eigenvalue weighted by atomic mass is 32.2. The number of nitrogens with zero attached hydrogens (tertiary/aromatic N) is 1. The molecular weight excluding hydrogens is 370 g/mol. The summed E-state index contributed by atoms with van der Waals surface area (Å²) in [4.78, 5) is 14.4. The van der Waals surface area contributed by atoms with E-state index >= 15 is 0 Å². The van der Waals surface area contributed by atoms with Gasteiger partial charge in [0.15, 0.2) is 0 Å². The molecule has 0 bridgehead atoms. The number of urea groups is 1. The molecule has 0 saturated carbocycles. The molecule has 2 heterocycles. The molecule has 8 nitrogen and oxygen atoms in total. The van der Waals surface area contributed by atoms with Gasteiger partial charge >= 0.3 is 6.03 Å². The van der Waals surface area contributed by atoms with Crippen LogP contribution in [-0.2, 0) is 19.5 Å². The average Bonchev–Trinajstić information content (AvgIpc) is 2.67. The summed E-state index contributed by atoms with van der Waals surface area (Å²) < 4.78 is 36.0. The lowest BCUT2D eigenvalue weighted by Crippen LogP contribution is -2.54. The maximum atomic E-state index is 12.8. The number of ether oxygens (including phenoxy) is 2. The summed E-state index contributed by atoms with van der Waals surface area (Å²) in [5.74, 6) is 0.450. The fraction of sp³-hybridized carbons (Fsp3) is 0.611. The first kappa shape index (κ1) is 20.1. The molecule has 2 aliphatic heterocycles. The Bertz CT molecular complexity index is 749. The predicted octanol–water partition coefficient (Wildman–Crippen LogP) is 1.36. The summed E-state index contributed by atoms with van der Waals surface area (Å²) in [6.07, 6.45) is 3.07. The molecule has 150 valence electrons. The van der Waals surface area contributed by atoms with Gasteiger partial charge in [0.2, 0.25) is 10.0 Å². The number of carbonyl (C=O) groups excluding carboxylic acids is 1. The second-order valence-corrected chi connectivity index (χ2v) is 8.82. The Hall–Kier alpha value is -1.68. The summed E-state index contributed by atoms with van der Waals surface area (Å²) in [7, 11) is -3.32. The van der Waals surface area contributed by atoms with Crippen LogP contribution in [0, 0.1) is 0 Å². The van der Waals surface area contributed by atoms with E-state index in [2.05, 4.69) is 16.1 Å². The summed E-state index contributed by atoms with van der Waals surface area (Å²) in [5, 5.41) is 2.94. The molecule has 1 aromatic carbocycles. The second kappa shape index (κ2) is 9.01. The van der Waals surface area contributed by atoms with Crippen LogP contribution in [0.1, 0.15) is 24.3 Å². The maximum Gasteiger partial charge on any atom is 0.322 e. The number of benzene rings is 1. The van der Waals surface area contributed by atoms with E-state index in [0.29, 0.717) is 25.7 Å². The summed E-state index contributed by atoms with van der Waals surface area (Å²) in [5.41, 5.74) is 1.94. The lowest BCUT2D eigenvalue weighted by Gasteiger charge is -2.35. The van der Waals surface area contributed by atoms with Crippen molar-refractivity contribution in [3.63, 3.8) is 0 Å². The highest BCUT2D eigenvalue weighted by Crippen LogP contribution is 2.28. The van der Waals surface area contributed by atoms with E-state index in [9.17, 15) is 13.2 Å². The van der Waals surface area contributed by atoms with Gasteiger partial charge in [-0.3, -0.25) is 0 Å². The molecule has 2 saturated heterocycles. The van der Waals surface area contributed by atoms with Crippen LogP contribution in [-0.4, -0.2) is 71.2 Å². The molecule has 0 aromatic heterocycles. The zero-order valence-corrected chi connectivity index (χ0v) is 16.3. The fourth-order valence-corrected chi connectivity index (χ4v) is 3.93. The van der Waals surface area contributed by atoms with Gasteiger partial charge in [-0.15, -0.1) is 0 Å². The van der Waals surface area contributed by atoms with E-state index in [4.69, 9.17) is 9.47 Å². The Kier molecular flexibility index (Phi) is 6.69. The number of amides is 2. The highest BCUT2D eigenvalue weighted by Gasteiger charge is 2.28. The molecular formula is C18H27N3O5S. The summed E-state index contributed by atoms with van der Waals surface area (Å²) >= 11 is 0. The van der Waals surface area contributed by atoms with Crippen molar-refractivity contribution in [1.29, 1.82) is 0 Å². The van der Waals surface area contributed by atoms with Crippen LogP contribution in [0.2, 0.25) is 0 Å². The second-order valence-electron chi connectivity index (χ2n) is 6.99. The number of rotatable bonds is 5. The third-order valence-corrected chi connectivity index (χ3v) is 5.59. The Morgan fingerprint density at radius 3 is 2.74 bits per heavy atom. The van der Waals surface area contributed by atoms with E-state index in [-0.39, 0.29) is 18.6 Å². The number of sulfonamides is 1. The molecule has 2 N–H and O–H groups in total. The Labute approximate surface area is 160 Å². The lowest BCUT2D eigenvalue weighted by atomic mass is 9.91. The van der Waals surface area contributed by atoms with Gasteiger partial charge in [0.1, 0.15) is 0 Å². The van der Waals surface area contributed by atoms with Crippen LogP contribution in [0.3, 0.4) is 0 Å². The molecule has 1 atom stereocenters. The quantitative estimate of drug-likeness (QED) is 0.782. The van der Waals surface area contributed by atoms with Crippen molar-refractivity contribution in [2.24, 2.45) is 0 Å². The first-order valence-electron chi connectivity index (χ1n) is 9.20. The average molecular weight is 397 g/mol. The van der Waals surface area contributed by atoms with Crippen LogP contribution in [0.25, 0.3) is 0 Å². The molecule has 2 aliphatic rings. The minimum absolute atomic E-state index is 0.133. The number of carbonyl (C=O) groups is 1. The van der Waals surface area contributed by atoms with Crippen molar-refractivity contribution in [3.05, 3.63) is 29.8 Å². The van der Waals surface area contributed by atoms with Gasteiger partial charge in [0.25, 0.3) is 0 Å². The number of hydrogen-bond donors (Lipinski definition) is 2. The smallest absolute Gasteiger partial charge is 0.322 e. The normalized spacial score (nSPS) is 21.8. The first-order chi connectivity index (χ1) is 12.9. The predicted molar refractivity (Wildman–Crippen MR) is 102 cm³/mol. The minimum Gasteiger partial charge on any atom is -0.381 e. The maximum absolute atomic E-state index is 12.8. The van der Waals surface area contributed by atoms with E-state index in [1.54, 1.807) is 4.90 Å². The molecule has 0 radical (unpaired) electrons. The van der Waals surface area contributed by atoms with Crippen molar-refractivity contribution < 1.29 is 22.7 Å². The number of anilines is 1.